The Kier molecular flexibility index (Phi) is 9.87. The number of pyridine rings is 1. The van der Waals surface area contributed by atoms with Gasteiger partial charge in [0.15, 0.2) is 5.96 Å². The van der Waals surface area contributed by atoms with Crippen molar-refractivity contribution in [3.8, 4) is 5.88 Å². The van der Waals surface area contributed by atoms with Crippen LogP contribution in [0.25, 0.3) is 0 Å². The quantitative estimate of drug-likeness (QED) is 0.291. The van der Waals surface area contributed by atoms with E-state index in [1.54, 1.807) is 0 Å². The van der Waals surface area contributed by atoms with Crippen LogP contribution in [0, 0.1) is 11.8 Å². The van der Waals surface area contributed by atoms with E-state index in [1.807, 2.05) is 18.3 Å². The Hall–Kier alpha value is -1.58. The molecule has 2 aliphatic carbocycles. The predicted octanol–water partition coefficient (Wildman–Crippen LogP) is 3.72. The number of rotatable bonds is 8. The van der Waals surface area contributed by atoms with Crippen LogP contribution in [0.15, 0.2) is 23.3 Å². The van der Waals surface area contributed by atoms with E-state index >= 15 is 0 Å². The first-order chi connectivity index (χ1) is 15.2. The van der Waals surface area contributed by atoms with Gasteiger partial charge < -0.3 is 20.3 Å². The summed E-state index contributed by atoms with van der Waals surface area (Å²) in [5.74, 6) is 2.83. The van der Waals surface area contributed by atoms with Crippen molar-refractivity contribution in [1.29, 1.82) is 0 Å². The molecule has 0 bridgehead atoms. The van der Waals surface area contributed by atoms with Gasteiger partial charge in [0.1, 0.15) is 0 Å². The third kappa shape index (κ3) is 7.49. The van der Waals surface area contributed by atoms with E-state index in [0.29, 0.717) is 18.3 Å². The zero-order valence-electron chi connectivity index (χ0n) is 19.2. The molecule has 32 heavy (non-hydrogen) atoms. The first kappa shape index (κ1) is 25.1. The fraction of sp³-hybridized carbons (Fsp3) is 0.708. The Morgan fingerprint density at radius 1 is 1.19 bits per heavy atom. The van der Waals surface area contributed by atoms with Gasteiger partial charge in [-0.1, -0.05) is 25.3 Å². The van der Waals surface area contributed by atoms with E-state index in [1.165, 1.54) is 32.1 Å². The first-order valence-electron chi connectivity index (χ1n) is 12.1. The number of hydrogen-bond donors (Lipinski definition) is 2. The molecule has 8 heteroatoms. The molecule has 7 nitrogen and oxygen atoms in total. The molecule has 2 N–H and O–H groups in total. The standard InChI is InChI=1S/C24H37N5O2.HI/c1-2-25-24(27-15-19-10-11-22(26-14-19)31-17-18-8-9-18)28-21-12-13-29(16-21)23(30)20-6-4-3-5-7-20;/h10-11,14,18,20-21H,2-9,12-13,15-17H2,1H3,(H2,25,27,28);1H. The molecule has 1 aliphatic heterocycles. The van der Waals surface area contributed by atoms with Crippen LogP contribution in [0.4, 0.5) is 0 Å². The first-order valence-corrected chi connectivity index (χ1v) is 12.1. The van der Waals surface area contributed by atoms with Crippen molar-refractivity contribution in [2.45, 2.75) is 70.9 Å². The Morgan fingerprint density at radius 3 is 2.69 bits per heavy atom. The number of nitrogens with one attached hydrogen (secondary N) is 2. The maximum atomic E-state index is 12.8. The number of aromatic nitrogens is 1. The number of aliphatic imine (C=N–C) groups is 1. The molecule has 0 spiro atoms. The van der Waals surface area contributed by atoms with Crippen LogP contribution in [0.2, 0.25) is 0 Å². The molecule has 4 rings (SSSR count). The summed E-state index contributed by atoms with van der Waals surface area (Å²) in [7, 11) is 0. The number of carbonyl (C=O) groups is 1. The van der Waals surface area contributed by atoms with Crippen LogP contribution in [-0.2, 0) is 11.3 Å². The number of amides is 1. The normalized spacial score (nSPS) is 21.7. The number of halogens is 1. The summed E-state index contributed by atoms with van der Waals surface area (Å²) < 4.78 is 5.71. The molecule has 3 fully saturated rings. The van der Waals surface area contributed by atoms with Gasteiger partial charge in [0.05, 0.1) is 13.2 Å². The van der Waals surface area contributed by atoms with Crippen molar-refractivity contribution in [2.24, 2.45) is 16.8 Å². The molecule has 1 saturated heterocycles. The van der Waals surface area contributed by atoms with Gasteiger partial charge in [-0.3, -0.25) is 4.79 Å². The highest BCUT2D eigenvalue weighted by Gasteiger charge is 2.31. The Labute approximate surface area is 209 Å². The SMILES string of the molecule is CCNC(=NCc1ccc(OCC2CC2)nc1)NC1CCN(C(=O)C2CCCCC2)C1.I. The molecule has 2 saturated carbocycles. The zero-order valence-corrected chi connectivity index (χ0v) is 21.6. The largest absolute Gasteiger partial charge is 0.477 e. The van der Waals surface area contributed by atoms with Crippen molar-refractivity contribution < 1.29 is 9.53 Å². The van der Waals surface area contributed by atoms with Crippen LogP contribution in [0.1, 0.15) is 63.9 Å². The fourth-order valence-corrected chi connectivity index (χ4v) is 4.45. The Bertz CT molecular complexity index is 747. The molecular formula is C24H38IN5O2. The highest BCUT2D eigenvalue weighted by molar-refractivity contribution is 14.0. The smallest absolute Gasteiger partial charge is 0.225 e. The average molecular weight is 556 g/mol. The summed E-state index contributed by atoms with van der Waals surface area (Å²) in [6.07, 6.45) is 11.2. The van der Waals surface area contributed by atoms with Gasteiger partial charge >= 0.3 is 0 Å². The van der Waals surface area contributed by atoms with Crippen LogP contribution in [0.5, 0.6) is 5.88 Å². The number of likely N-dealkylation sites (tertiary alicyclic amines) is 1. The molecule has 0 aromatic carbocycles. The molecule has 178 valence electrons. The highest BCUT2D eigenvalue weighted by atomic mass is 127. The zero-order chi connectivity index (χ0) is 21.5. The summed E-state index contributed by atoms with van der Waals surface area (Å²) in [5.41, 5.74) is 1.05. The van der Waals surface area contributed by atoms with Crippen molar-refractivity contribution >= 4 is 35.8 Å². The van der Waals surface area contributed by atoms with E-state index < -0.39 is 0 Å². The minimum atomic E-state index is 0. The van der Waals surface area contributed by atoms with Crippen molar-refractivity contribution in [1.82, 2.24) is 20.5 Å². The van der Waals surface area contributed by atoms with Gasteiger partial charge in [0.25, 0.3) is 0 Å². The lowest BCUT2D eigenvalue weighted by atomic mass is 9.88. The van der Waals surface area contributed by atoms with Gasteiger partial charge in [-0.25, -0.2) is 9.98 Å². The Morgan fingerprint density at radius 2 is 2.00 bits per heavy atom. The van der Waals surface area contributed by atoms with E-state index in [0.717, 1.165) is 62.9 Å². The third-order valence-electron chi connectivity index (χ3n) is 6.52. The van der Waals surface area contributed by atoms with E-state index in [9.17, 15) is 4.79 Å². The summed E-state index contributed by atoms with van der Waals surface area (Å²) in [6.45, 7) is 5.82. The molecule has 0 radical (unpaired) electrons. The molecule has 2 heterocycles. The molecule has 1 aromatic rings. The van der Waals surface area contributed by atoms with Crippen LogP contribution >= 0.6 is 24.0 Å². The van der Waals surface area contributed by atoms with E-state index in [2.05, 4.69) is 27.4 Å². The third-order valence-corrected chi connectivity index (χ3v) is 6.52. The lowest BCUT2D eigenvalue weighted by Crippen LogP contribution is -2.45. The summed E-state index contributed by atoms with van der Waals surface area (Å²) >= 11 is 0. The summed E-state index contributed by atoms with van der Waals surface area (Å²) in [5, 5.41) is 6.85. The highest BCUT2D eigenvalue weighted by Crippen LogP contribution is 2.29. The second kappa shape index (κ2) is 12.6. The van der Waals surface area contributed by atoms with E-state index in [4.69, 9.17) is 9.73 Å². The van der Waals surface area contributed by atoms with Crippen LogP contribution < -0.4 is 15.4 Å². The monoisotopic (exact) mass is 555 g/mol. The van der Waals surface area contributed by atoms with Crippen LogP contribution in [0.3, 0.4) is 0 Å². The summed E-state index contributed by atoms with van der Waals surface area (Å²) in [4.78, 5) is 24.0. The van der Waals surface area contributed by atoms with Crippen LogP contribution in [-0.4, -0.2) is 54.0 Å². The lowest BCUT2D eigenvalue weighted by Gasteiger charge is -2.26. The lowest BCUT2D eigenvalue weighted by molar-refractivity contribution is -0.135. The Balaban J connectivity index is 0.00000289. The predicted molar refractivity (Wildman–Crippen MR) is 137 cm³/mol. The second-order valence-corrected chi connectivity index (χ2v) is 9.20. The van der Waals surface area contributed by atoms with Gasteiger partial charge in [-0.05, 0) is 50.5 Å². The second-order valence-electron chi connectivity index (χ2n) is 9.20. The minimum absolute atomic E-state index is 0. The maximum absolute atomic E-state index is 12.8. The fourth-order valence-electron chi connectivity index (χ4n) is 4.45. The van der Waals surface area contributed by atoms with Gasteiger partial charge in [0, 0.05) is 43.9 Å². The summed E-state index contributed by atoms with van der Waals surface area (Å²) in [6, 6.07) is 4.21. The maximum Gasteiger partial charge on any atom is 0.225 e. The number of nitrogens with zero attached hydrogens (tertiary/aromatic N) is 3. The molecule has 1 unspecified atom stereocenters. The molecular weight excluding hydrogens is 517 g/mol. The minimum Gasteiger partial charge on any atom is -0.477 e. The van der Waals surface area contributed by atoms with Crippen molar-refractivity contribution in [3.63, 3.8) is 0 Å². The molecule has 3 aliphatic rings. The molecule has 1 atom stereocenters. The molecule has 1 amide bonds. The number of hydrogen-bond acceptors (Lipinski definition) is 4. The van der Waals surface area contributed by atoms with Gasteiger partial charge in [0.2, 0.25) is 11.8 Å². The van der Waals surface area contributed by atoms with Crippen molar-refractivity contribution in [2.75, 3.05) is 26.2 Å². The number of guanidine groups is 1. The van der Waals surface area contributed by atoms with Crippen molar-refractivity contribution in [3.05, 3.63) is 23.9 Å². The average Bonchev–Trinajstić information content (AvgIpc) is 3.53. The van der Waals surface area contributed by atoms with E-state index in [-0.39, 0.29) is 35.9 Å². The topological polar surface area (TPSA) is 78.9 Å². The van der Waals surface area contributed by atoms with Gasteiger partial charge in [-0.15, -0.1) is 24.0 Å². The number of ether oxygens (including phenoxy) is 1. The number of carbonyl (C=O) groups excluding carboxylic acids is 1. The molecule has 1 aromatic heterocycles. The van der Waals surface area contributed by atoms with Gasteiger partial charge in [-0.2, -0.15) is 0 Å².